The van der Waals surface area contributed by atoms with Crippen molar-refractivity contribution in [3.8, 4) is 28.2 Å². The zero-order valence-corrected chi connectivity index (χ0v) is 19.1. The van der Waals surface area contributed by atoms with Gasteiger partial charge in [0, 0.05) is 11.1 Å². The summed E-state index contributed by atoms with van der Waals surface area (Å²) in [7, 11) is 0. The molecule has 0 saturated heterocycles. The van der Waals surface area contributed by atoms with Crippen LogP contribution in [0.3, 0.4) is 0 Å². The highest BCUT2D eigenvalue weighted by atomic mass is 32.1. The quantitative estimate of drug-likeness (QED) is 0.293. The first-order valence-electron chi connectivity index (χ1n) is 10.6. The van der Waals surface area contributed by atoms with E-state index in [2.05, 4.69) is 45.6 Å². The third-order valence-corrected chi connectivity index (χ3v) is 5.59. The maximum absolute atomic E-state index is 12.2. The highest BCUT2D eigenvalue weighted by molar-refractivity contribution is 7.71. The predicted molar refractivity (Wildman–Crippen MR) is 136 cm³/mol. The fourth-order valence-electron chi connectivity index (χ4n) is 3.55. The number of nitrogens with zero attached hydrogens (tertiary/aromatic N) is 5. The number of hydrogen-bond acceptors (Lipinski definition) is 5. The van der Waals surface area contributed by atoms with Crippen LogP contribution in [0.5, 0.6) is 0 Å². The number of H-pyrrole nitrogens is 1. The summed E-state index contributed by atoms with van der Waals surface area (Å²) in [5.74, 6) is 0. The van der Waals surface area contributed by atoms with Crippen LogP contribution in [0.15, 0.2) is 101 Å². The monoisotopic (exact) mass is 464 g/mol. The molecule has 0 aliphatic carbocycles. The van der Waals surface area contributed by atoms with Crippen LogP contribution in [-0.2, 0) is 0 Å². The molecule has 0 saturated carbocycles. The molecule has 3 aromatic carbocycles. The Morgan fingerprint density at radius 3 is 2.24 bits per heavy atom. The summed E-state index contributed by atoms with van der Waals surface area (Å²) in [6.45, 7) is 1.60. The molecule has 0 spiro atoms. The summed E-state index contributed by atoms with van der Waals surface area (Å²) < 4.78 is 3.20. The lowest BCUT2D eigenvalue weighted by molar-refractivity contribution is 0.720. The molecule has 34 heavy (non-hydrogen) atoms. The van der Waals surface area contributed by atoms with Crippen molar-refractivity contribution in [2.45, 2.75) is 6.92 Å². The fraction of sp³-hybridized carbons (Fsp3) is 0.0385. The Hall–Kier alpha value is -4.43. The van der Waals surface area contributed by atoms with Gasteiger partial charge in [-0.1, -0.05) is 72.8 Å². The number of nitrogens with one attached hydrogen (secondary N) is 1. The second-order valence-corrected chi connectivity index (χ2v) is 8.01. The Morgan fingerprint density at radius 1 is 0.912 bits per heavy atom. The van der Waals surface area contributed by atoms with Crippen LogP contribution < -0.4 is 5.56 Å². The van der Waals surface area contributed by atoms with Gasteiger partial charge >= 0.3 is 0 Å². The number of aromatic nitrogens is 5. The molecule has 0 fully saturated rings. The van der Waals surface area contributed by atoms with E-state index in [1.165, 1.54) is 0 Å². The molecule has 2 aromatic heterocycles. The number of aryl methyl sites for hydroxylation is 1. The molecule has 0 amide bonds. The molecule has 166 valence electrons. The van der Waals surface area contributed by atoms with E-state index in [1.807, 2.05) is 65.3 Å². The van der Waals surface area contributed by atoms with E-state index in [0.717, 1.165) is 38.4 Å². The third kappa shape index (κ3) is 4.26. The Balaban J connectivity index is 1.52. The Bertz CT molecular complexity index is 1580. The Labute approximate surface area is 200 Å². The largest absolute Gasteiger partial charge is 0.296 e. The lowest BCUT2D eigenvalue weighted by Crippen LogP contribution is -2.22. The Morgan fingerprint density at radius 2 is 1.56 bits per heavy atom. The molecule has 0 aliphatic rings. The summed E-state index contributed by atoms with van der Waals surface area (Å²) >= 11 is 5.12. The molecule has 2 heterocycles. The first-order valence-corrected chi connectivity index (χ1v) is 11.0. The normalized spacial score (nSPS) is 11.2. The van der Waals surface area contributed by atoms with E-state index in [-0.39, 0.29) is 10.3 Å². The van der Waals surface area contributed by atoms with Crippen molar-refractivity contribution >= 4 is 18.4 Å². The number of rotatable bonds is 5. The van der Waals surface area contributed by atoms with Crippen molar-refractivity contribution in [2.75, 3.05) is 0 Å². The molecule has 1 N–H and O–H groups in total. The van der Waals surface area contributed by atoms with Gasteiger partial charge in [-0.3, -0.25) is 9.89 Å². The predicted octanol–water partition coefficient (Wildman–Crippen LogP) is 5.01. The van der Waals surface area contributed by atoms with E-state index in [1.54, 1.807) is 13.1 Å². The first kappa shape index (κ1) is 21.4. The van der Waals surface area contributed by atoms with Crippen molar-refractivity contribution in [2.24, 2.45) is 5.10 Å². The number of benzene rings is 3. The maximum Gasteiger partial charge on any atom is 0.296 e. The molecule has 8 heteroatoms. The van der Waals surface area contributed by atoms with Crippen molar-refractivity contribution in [3.05, 3.63) is 117 Å². The highest BCUT2D eigenvalue weighted by Gasteiger charge is 2.13. The van der Waals surface area contributed by atoms with Crippen LogP contribution >= 0.6 is 12.2 Å². The van der Waals surface area contributed by atoms with Gasteiger partial charge in [0.25, 0.3) is 5.56 Å². The summed E-state index contributed by atoms with van der Waals surface area (Å²) in [5.41, 5.74) is 5.68. The van der Waals surface area contributed by atoms with Gasteiger partial charge in [-0.15, -0.1) is 0 Å². The van der Waals surface area contributed by atoms with Gasteiger partial charge in [-0.05, 0) is 42.9 Å². The van der Waals surface area contributed by atoms with Crippen molar-refractivity contribution < 1.29 is 0 Å². The van der Waals surface area contributed by atoms with Crippen LogP contribution in [0.2, 0.25) is 0 Å². The molecule has 0 aliphatic heterocycles. The number of aromatic amines is 1. The molecule has 0 unspecified atom stereocenters. The van der Waals surface area contributed by atoms with Gasteiger partial charge in [-0.2, -0.15) is 20.0 Å². The van der Waals surface area contributed by atoms with E-state index < -0.39 is 0 Å². The summed E-state index contributed by atoms with van der Waals surface area (Å²) in [6.07, 6.45) is 1.59. The summed E-state index contributed by atoms with van der Waals surface area (Å²) in [6, 6.07) is 30.2. The standard InChI is InChI=1S/C26H20N6OS/c1-18-25(33)32(26(34)29-28-18)27-17-19-12-14-22(15-13-19)31-24(21-10-6-3-7-11-21)16-23(30-31)20-8-4-2-5-9-20/h2-17H,1H3,(H,29,34). The first-order chi connectivity index (χ1) is 16.6. The van der Waals surface area contributed by atoms with Crippen LogP contribution in [0, 0.1) is 11.7 Å². The summed E-state index contributed by atoms with van der Waals surface area (Å²) in [4.78, 5) is 12.2. The average Bonchev–Trinajstić information content (AvgIpc) is 3.33. The minimum absolute atomic E-state index is 0.140. The Kier molecular flexibility index (Phi) is 5.80. The molecular formula is C26H20N6OS. The van der Waals surface area contributed by atoms with Crippen molar-refractivity contribution in [1.82, 2.24) is 24.7 Å². The maximum atomic E-state index is 12.2. The average molecular weight is 465 g/mol. The van der Waals surface area contributed by atoms with Gasteiger partial charge in [0.05, 0.1) is 23.3 Å². The zero-order chi connectivity index (χ0) is 23.5. The molecule has 5 aromatic rings. The topological polar surface area (TPSA) is 80.9 Å². The second kappa shape index (κ2) is 9.21. The van der Waals surface area contributed by atoms with Crippen LogP contribution in [0.1, 0.15) is 11.3 Å². The lowest BCUT2D eigenvalue weighted by Gasteiger charge is -2.08. The number of hydrogen-bond donors (Lipinski definition) is 1. The second-order valence-electron chi connectivity index (χ2n) is 7.63. The smallest absolute Gasteiger partial charge is 0.265 e. The van der Waals surface area contributed by atoms with E-state index >= 15 is 0 Å². The van der Waals surface area contributed by atoms with E-state index in [9.17, 15) is 4.79 Å². The molecular weight excluding hydrogens is 444 g/mol. The van der Waals surface area contributed by atoms with Crippen molar-refractivity contribution in [3.63, 3.8) is 0 Å². The summed E-state index contributed by atoms with van der Waals surface area (Å²) in [5, 5.41) is 15.6. The van der Waals surface area contributed by atoms with Gasteiger partial charge < -0.3 is 0 Å². The van der Waals surface area contributed by atoms with Crippen LogP contribution in [0.25, 0.3) is 28.2 Å². The molecule has 0 atom stereocenters. The third-order valence-electron chi connectivity index (χ3n) is 5.32. The molecule has 5 rings (SSSR count). The molecule has 0 radical (unpaired) electrons. The highest BCUT2D eigenvalue weighted by Crippen LogP contribution is 2.28. The minimum Gasteiger partial charge on any atom is -0.265 e. The lowest BCUT2D eigenvalue weighted by atomic mass is 10.1. The molecule has 0 bridgehead atoms. The van der Waals surface area contributed by atoms with E-state index in [4.69, 9.17) is 17.3 Å². The zero-order valence-electron chi connectivity index (χ0n) is 18.3. The van der Waals surface area contributed by atoms with Gasteiger partial charge in [0.1, 0.15) is 5.69 Å². The SMILES string of the molecule is Cc1n[nH]c(=S)n(N=Cc2ccc(-n3nc(-c4ccccc4)cc3-c3ccccc3)cc2)c1=O. The van der Waals surface area contributed by atoms with E-state index in [0.29, 0.717) is 5.69 Å². The molecule has 7 nitrogen and oxygen atoms in total. The van der Waals surface area contributed by atoms with Gasteiger partial charge in [0.2, 0.25) is 4.77 Å². The van der Waals surface area contributed by atoms with Gasteiger partial charge in [0.15, 0.2) is 0 Å². The van der Waals surface area contributed by atoms with Crippen molar-refractivity contribution in [1.29, 1.82) is 0 Å². The van der Waals surface area contributed by atoms with Crippen LogP contribution in [-0.4, -0.2) is 30.9 Å². The van der Waals surface area contributed by atoms with Gasteiger partial charge in [-0.25, -0.2) is 4.68 Å². The fourth-order valence-corrected chi connectivity index (χ4v) is 3.72. The van der Waals surface area contributed by atoms with Crippen LogP contribution in [0.4, 0.5) is 0 Å². The minimum atomic E-state index is -0.353.